The molecule has 3 aromatic heterocycles. The highest BCUT2D eigenvalue weighted by Gasteiger charge is 2.35. The molecule has 1 aliphatic carbocycles. The summed E-state index contributed by atoms with van der Waals surface area (Å²) < 4.78 is 5.47. The van der Waals surface area contributed by atoms with Crippen LogP contribution in [0, 0.1) is 19.3 Å². The summed E-state index contributed by atoms with van der Waals surface area (Å²) in [7, 11) is 0. The Hall–Kier alpha value is -3.09. The molecule has 1 amide bonds. The molecule has 1 atom stereocenters. The van der Waals surface area contributed by atoms with Crippen LogP contribution in [0.3, 0.4) is 0 Å². The van der Waals surface area contributed by atoms with E-state index in [4.69, 9.17) is 9.40 Å². The molecule has 0 unspecified atom stereocenters. The maximum Gasteiger partial charge on any atom is 0.289 e. The highest BCUT2D eigenvalue weighted by atomic mass is 16.4. The molecule has 0 saturated heterocycles. The highest BCUT2D eigenvalue weighted by Crippen LogP contribution is 2.40. The van der Waals surface area contributed by atoms with Gasteiger partial charge in [0.25, 0.3) is 5.91 Å². The van der Waals surface area contributed by atoms with E-state index in [2.05, 4.69) is 34.1 Å². The number of nitrogens with zero attached hydrogens (tertiary/aromatic N) is 4. The van der Waals surface area contributed by atoms with Crippen LogP contribution in [0.15, 0.2) is 35.1 Å². The minimum absolute atomic E-state index is 0.00118. The normalized spacial score (nSPS) is 17.8. The Morgan fingerprint density at radius 3 is 2.64 bits per heavy atom. The van der Waals surface area contributed by atoms with Gasteiger partial charge in [0.05, 0.1) is 17.4 Å². The first-order chi connectivity index (χ1) is 13.3. The first-order valence-corrected chi connectivity index (χ1v) is 9.33. The number of hydrogen-bond acceptors (Lipinski definition) is 6. The number of oxazole rings is 1. The van der Waals surface area contributed by atoms with Gasteiger partial charge in [-0.3, -0.25) is 9.78 Å². The molecule has 3 aromatic rings. The van der Waals surface area contributed by atoms with Crippen molar-refractivity contribution in [2.45, 2.75) is 46.6 Å². The summed E-state index contributed by atoms with van der Waals surface area (Å²) in [5, 5.41) is 3.10. The van der Waals surface area contributed by atoms with Crippen molar-refractivity contribution in [1.29, 1.82) is 0 Å². The summed E-state index contributed by atoms with van der Waals surface area (Å²) in [5.74, 6) is 1.16. The van der Waals surface area contributed by atoms with Crippen LogP contribution in [0.4, 0.5) is 0 Å². The van der Waals surface area contributed by atoms with Crippen LogP contribution in [0.1, 0.15) is 59.7 Å². The number of fused-ring (bicyclic) bond motifs is 1. The Kier molecular flexibility index (Phi) is 4.45. The van der Waals surface area contributed by atoms with Crippen molar-refractivity contribution in [3.05, 3.63) is 59.3 Å². The largest absolute Gasteiger partial charge is 0.436 e. The van der Waals surface area contributed by atoms with E-state index < -0.39 is 0 Å². The molecule has 0 radical (unpaired) electrons. The SMILES string of the molecule is Cc1nc(C)c(C(=O)N[C@@H]2CC(C)(C)Cc3nc(-c4ccncc4)ncc32)o1. The zero-order valence-corrected chi connectivity index (χ0v) is 16.5. The molecule has 0 saturated carbocycles. The molecular formula is C21H23N5O2. The molecule has 4 rings (SSSR count). The summed E-state index contributed by atoms with van der Waals surface area (Å²) in [4.78, 5) is 30.3. The van der Waals surface area contributed by atoms with Gasteiger partial charge in [-0.1, -0.05) is 13.8 Å². The summed E-state index contributed by atoms with van der Waals surface area (Å²) in [6.07, 6.45) is 6.92. The van der Waals surface area contributed by atoms with Crippen LogP contribution < -0.4 is 5.32 Å². The lowest BCUT2D eigenvalue weighted by Gasteiger charge is -2.36. The maximum atomic E-state index is 12.8. The van der Waals surface area contributed by atoms with E-state index in [1.807, 2.05) is 18.3 Å². The number of carbonyl (C=O) groups is 1. The minimum Gasteiger partial charge on any atom is -0.436 e. The van der Waals surface area contributed by atoms with E-state index in [0.29, 0.717) is 17.4 Å². The number of rotatable bonds is 3. The van der Waals surface area contributed by atoms with Crippen molar-refractivity contribution in [3.63, 3.8) is 0 Å². The molecule has 144 valence electrons. The first kappa shape index (κ1) is 18.3. The van der Waals surface area contributed by atoms with Gasteiger partial charge in [0.1, 0.15) is 0 Å². The molecule has 28 heavy (non-hydrogen) atoms. The third kappa shape index (κ3) is 3.52. The quantitative estimate of drug-likeness (QED) is 0.750. The summed E-state index contributed by atoms with van der Waals surface area (Å²) in [6, 6.07) is 3.61. The van der Waals surface area contributed by atoms with E-state index in [1.165, 1.54) is 0 Å². The standard InChI is InChI=1S/C21H23N5O2/c1-12-18(28-13(2)24-12)20(27)26-17-10-21(3,4)9-16-15(17)11-23-19(25-16)14-5-7-22-8-6-14/h5-8,11,17H,9-10H2,1-4H3,(H,26,27)/t17-/m1/s1. The number of pyridine rings is 1. The Morgan fingerprint density at radius 1 is 1.21 bits per heavy atom. The predicted molar refractivity (Wildman–Crippen MR) is 104 cm³/mol. The van der Waals surface area contributed by atoms with E-state index in [-0.39, 0.29) is 23.1 Å². The van der Waals surface area contributed by atoms with Crippen LogP contribution in [-0.2, 0) is 6.42 Å². The second-order valence-electron chi connectivity index (χ2n) is 8.05. The lowest BCUT2D eigenvalue weighted by atomic mass is 9.74. The second-order valence-corrected chi connectivity index (χ2v) is 8.05. The van der Waals surface area contributed by atoms with Crippen LogP contribution in [0.2, 0.25) is 0 Å². The van der Waals surface area contributed by atoms with Gasteiger partial charge in [-0.2, -0.15) is 0 Å². The van der Waals surface area contributed by atoms with Gasteiger partial charge in [-0.05, 0) is 37.3 Å². The number of nitrogens with one attached hydrogen (secondary N) is 1. The van der Waals surface area contributed by atoms with Crippen molar-refractivity contribution in [3.8, 4) is 11.4 Å². The summed E-state index contributed by atoms with van der Waals surface area (Å²) >= 11 is 0. The fourth-order valence-corrected chi connectivity index (χ4v) is 3.78. The van der Waals surface area contributed by atoms with Crippen LogP contribution in [-0.4, -0.2) is 25.8 Å². The van der Waals surface area contributed by atoms with Gasteiger partial charge >= 0.3 is 0 Å². The lowest BCUT2D eigenvalue weighted by molar-refractivity contribution is 0.0888. The van der Waals surface area contributed by atoms with E-state index in [9.17, 15) is 4.79 Å². The van der Waals surface area contributed by atoms with Gasteiger partial charge in [-0.25, -0.2) is 15.0 Å². The molecule has 0 aliphatic heterocycles. The van der Waals surface area contributed by atoms with E-state index in [1.54, 1.807) is 26.2 Å². The third-order valence-corrected chi connectivity index (χ3v) is 5.03. The Balaban J connectivity index is 1.67. The van der Waals surface area contributed by atoms with Crippen molar-refractivity contribution in [2.24, 2.45) is 5.41 Å². The minimum atomic E-state index is -0.259. The van der Waals surface area contributed by atoms with Crippen LogP contribution in [0.25, 0.3) is 11.4 Å². The maximum absolute atomic E-state index is 12.8. The van der Waals surface area contributed by atoms with Crippen molar-refractivity contribution in [2.75, 3.05) is 0 Å². The number of carbonyl (C=O) groups excluding carboxylic acids is 1. The topological polar surface area (TPSA) is 93.8 Å². The average Bonchev–Trinajstić information content (AvgIpc) is 2.99. The monoisotopic (exact) mass is 377 g/mol. The van der Waals surface area contributed by atoms with Gasteiger partial charge in [0.15, 0.2) is 11.7 Å². The molecule has 7 nitrogen and oxygen atoms in total. The number of aromatic nitrogens is 4. The fourth-order valence-electron chi connectivity index (χ4n) is 3.78. The van der Waals surface area contributed by atoms with E-state index in [0.717, 1.165) is 29.7 Å². The van der Waals surface area contributed by atoms with Crippen LogP contribution in [0.5, 0.6) is 0 Å². The molecule has 0 fully saturated rings. The third-order valence-electron chi connectivity index (χ3n) is 5.03. The number of amides is 1. The first-order valence-electron chi connectivity index (χ1n) is 9.33. The van der Waals surface area contributed by atoms with Gasteiger partial charge in [0.2, 0.25) is 5.76 Å². The predicted octanol–water partition coefficient (Wildman–Crippen LogP) is 3.59. The number of aryl methyl sites for hydroxylation is 2. The van der Waals surface area contributed by atoms with Crippen molar-refractivity contribution >= 4 is 5.91 Å². The fraction of sp³-hybridized carbons (Fsp3) is 0.381. The zero-order valence-electron chi connectivity index (χ0n) is 16.5. The number of hydrogen-bond donors (Lipinski definition) is 1. The van der Waals surface area contributed by atoms with Crippen LogP contribution >= 0.6 is 0 Å². The molecular weight excluding hydrogens is 354 g/mol. The smallest absolute Gasteiger partial charge is 0.289 e. The van der Waals surface area contributed by atoms with E-state index >= 15 is 0 Å². The molecule has 7 heteroatoms. The summed E-state index contributed by atoms with van der Waals surface area (Å²) in [6.45, 7) is 7.88. The Morgan fingerprint density at radius 2 is 1.96 bits per heavy atom. The molecule has 0 aromatic carbocycles. The van der Waals surface area contributed by atoms with Crippen molar-refractivity contribution < 1.29 is 9.21 Å². The summed E-state index contributed by atoms with van der Waals surface area (Å²) in [5.41, 5.74) is 3.44. The lowest BCUT2D eigenvalue weighted by Crippen LogP contribution is -2.37. The van der Waals surface area contributed by atoms with Crippen molar-refractivity contribution in [1.82, 2.24) is 25.3 Å². The van der Waals surface area contributed by atoms with Gasteiger partial charge in [0, 0.05) is 36.6 Å². The Bertz CT molecular complexity index is 1030. The van der Waals surface area contributed by atoms with Gasteiger partial charge in [-0.15, -0.1) is 0 Å². The average molecular weight is 377 g/mol. The zero-order chi connectivity index (χ0) is 19.9. The molecule has 0 bridgehead atoms. The molecule has 1 aliphatic rings. The highest BCUT2D eigenvalue weighted by molar-refractivity contribution is 5.92. The molecule has 0 spiro atoms. The molecule has 3 heterocycles. The molecule has 1 N–H and O–H groups in total. The Labute approximate surface area is 163 Å². The second kappa shape index (κ2) is 6.82. The van der Waals surface area contributed by atoms with Gasteiger partial charge < -0.3 is 9.73 Å².